The first-order valence-corrected chi connectivity index (χ1v) is 11.3. The predicted octanol–water partition coefficient (Wildman–Crippen LogP) is 1.93. The number of fused-ring (bicyclic) bond motifs is 1. The van der Waals surface area contributed by atoms with Gasteiger partial charge in [0.15, 0.2) is 0 Å². The maximum Gasteiger partial charge on any atom is 0.337 e. The minimum atomic E-state index is -4.40. The summed E-state index contributed by atoms with van der Waals surface area (Å²) in [5.74, 6) is -1.78. The quantitative estimate of drug-likeness (QED) is 0.478. The van der Waals surface area contributed by atoms with Gasteiger partial charge < -0.3 is 20.3 Å². The molecule has 31 heavy (non-hydrogen) atoms. The third kappa shape index (κ3) is 4.41. The molecule has 10 heteroatoms. The molecule has 1 aromatic carbocycles. The fourth-order valence-corrected chi connectivity index (χ4v) is 4.84. The molecule has 9 nitrogen and oxygen atoms in total. The Kier molecular flexibility index (Phi) is 6.08. The van der Waals surface area contributed by atoms with Crippen LogP contribution in [-0.2, 0) is 21.2 Å². The van der Waals surface area contributed by atoms with Crippen LogP contribution >= 0.6 is 0 Å². The Hall–Kier alpha value is -2.95. The van der Waals surface area contributed by atoms with Gasteiger partial charge in [0.25, 0.3) is 5.91 Å². The molecule has 0 radical (unpaired) electrons. The number of amides is 1. The van der Waals surface area contributed by atoms with E-state index in [9.17, 15) is 23.1 Å². The Morgan fingerprint density at radius 3 is 2.48 bits per heavy atom. The molecular weight excluding hydrogens is 420 g/mol. The highest BCUT2D eigenvalue weighted by atomic mass is 32.2. The summed E-state index contributed by atoms with van der Waals surface area (Å²) >= 11 is 0. The van der Waals surface area contributed by atoms with Crippen LogP contribution in [0.2, 0.25) is 0 Å². The van der Waals surface area contributed by atoms with E-state index in [4.69, 9.17) is 5.14 Å². The van der Waals surface area contributed by atoms with Crippen LogP contribution in [0.25, 0.3) is 10.5 Å². The molecule has 0 fully saturated rings. The van der Waals surface area contributed by atoms with Crippen molar-refractivity contribution in [2.75, 3.05) is 26.0 Å². The van der Waals surface area contributed by atoms with E-state index in [-0.39, 0.29) is 16.8 Å². The first-order valence-electron chi connectivity index (χ1n) is 9.71. The molecule has 3 rings (SSSR count). The number of aromatic amines is 1. The molecule has 0 atom stereocenters. The number of anilines is 1. The van der Waals surface area contributed by atoms with Gasteiger partial charge in [-0.1, -0.05) is 11.6 Å². The summed E-state index contributed by atoms with van der Waals surface area (Å²) in [6.07, 6.45) is 0.890. The highest BCUT2D eigenvalue weighted by Gasteiger charge is 2.36. The molecule has 0 saturated carbocycles. The van der Waals surface area contributed by atoms with Gasteiger partial charge in [-0.05, 0) is 65.0 Å². The average Bonchev–Trinajstić information content (AvgIpc) is 3.11. The number of carboxylic acids is 1. The summed E-state index contributed by atoms with van der Waals surface area (Å²) in [6.45, 7) is 4.05. The van der Waals surface area contributed by atoms with E-state index in [1.807, 2.05) is 25.9 Å². The zero-order valence-electron chi connectivity index (χ0n) is 17.9. The van der Waals surface area contributed by atoms with Gasteiger partial charge in [0.1, 0.15) is 4.91 Å². The van der Waals surface area contributed by atoms with Gasteiger partial charge in [0.2, 0.25) is 10.0 Å². The van der Waals surface area contributed by atoms with Crippen LogP contribution in [0.15, 0.2) is 18.2 Å². The number of nitrogens with one attached hydrogen (secondary N) is 2. The average molecular weight is 447 g/mol. The highest BCUT2D eigenvalue weighted by molar-refractivity contribution is 7.98. The van der Waals surface area contributed by atoms with Gasteiger partial charge in [-0.25, -0.2) is 18.4 Å². The third-order valence-electron chi connectivity index (χ3n) is 5.20. The largest absolute Gasteiger partial charge is 0.478 e. The van der Waals surface area contributed by atoms with E-state index < -0.39 is 26.8 Å². The lowest BCUT2D eigenvalue weighted by Crippen LogP contribution is -2.20. The van der Waals surface area contributed by atoms with E-state index in [1.165, 1.54) is 0 Å². The molecule has 0 saturated heterocycles. The fraction of sp³-hybridized carbons (Fsp3) is 0.333. The van der Waals surface area contributed by atoms with Gasteiger partial charge >= 0.3 is 5.97 Å². The molecule has 2 aromatic rings. The number of rotatable bonds is 7. The van der Waals surface area contributed by atoms with Crippen LogP contribution in [0.3, 0.4) is 0 Å². The number of hydrogen-bond acceptors (Lipinski definition) is 5. The van der Waals surface area contributed by atoms with Crippen molar-refractivity contribution in [3.8, 4) is 0 Å². The van der Waals surface area contributed by atoms with E-state index in [2.05, 4.69) is 10.3 Å². The summed E-state index contributed by atoms with van der Waals surface area (Å²) in [6, 6.07) is 5.19. The maximum absolute atomic E-state index is 12.8. The van der Waals surface area contributed by atoms with Gasteiger partial charge in [-0.3, -0.25) is 4.79 Å². The summed E-state index contributed by atoms with van der Waals surface area (Å²) < 4.78 is 25.5. The fourth-order valence-electron chi connectivity index (χ4n) is 3.90. The van der Waals surface area contributed by atoms with E-state index in [0.717, 1.165) is 5.56 Å². The Balaban J connectivity index is 2.33. The topological polar surface area (TPSA) is 146 Å². The van der Waals surface area contributed by atoms with Crippen LogP contribution in [-0.4, -0.2) is 55.9 Å². The Morgan fingerprint density at radius 1 is 1.23 bits per heavy atom. The van der Waals surface area contributed by atoms with Crippen molar-refractivity contribution in [3.63, 3.8) is 0 Å². The van der Waals surface area contributed by atoms with Crippen molar-refractivity contribution in [1.82, 2.24) is 9.88 Å². The second kappa shape index (κ2) is 8.29. The Morgan fingerprint density at radius 2 is 1.90 bits per heavy atom. The molecule has 5 N–H and O–H groups in total. The van der Waals surface area contributed by atoms with Crippen LogP contribution in [0, 0.1) is 13.8 Å². The number of H-pyrrole nitrogens is 1. The predicted molar refractivity (Wildman–Crippen MR) is 119 cm³/mol. The van der Waals surface area contributed by atoms with Crippen molar-refractivity contribution in [2.24, 2.45) is 5.14 Å². The number of aryl methyl sites for hydroxylation is 2. The SMILES string of the molecule is Cc1ccc2c(c1)C(=C(c1[nH]c(C)c(C(=O)O)c1CCCN(C)C)S(N)(=O)=O)C(=O)N2. The zero-order chi connectivity index (χ0) is 23.1. The molecule has 166 valence electrons. The number of aromatic carboxylic acids is 1. The lowest BCUT2D eigenvalue weighted by molar-refractivity contribution is -0.110. The minimum Gasteiger partial charge on any atom is -0.478 e. The first kappa shape index (κ1) is 22.7. The normalized spacial score (nSPS) is 15.2. The van der Waals surface area contributed by atoms with Gasteiger partial charge in [-0.2, -0.15) is 0 Å². The summed E-state index contributed by atoms with van der Waals surface area (Å²) in [5.41, 5.74) is 2.30. The molecule has 1 aliphatic rings. The highest BCUT2D eigenvalue weighted by Crippen LogP contribution is 2.40. The lowest BCUT2D eigenvalue weighted by Gasteiger charge is -2.13. The van der Waals surface area contributed by atoms with Gasteiger partial charge in [-0.15, -0.1) is 0 Å². The third-order valence-corrected chi connectivity index (χ3v) is 6.17. The summed E-state index contributed by atoms with van der Waals surface area (Å²) in [7, 11) is -0.618. The Labute approximate surface area is 181 Å². The standard InChI is InChI=1S/C21H26N4O5S/c1-11-7-8-15-14(10-11)17(20(26)24-15)19(31(22,29)30)18-13(6-5-9-25(3)4)16(21(27)28)12(2)23-18/h7-8,10,23H,5-6,9H2,1-4H3,(H,24,26)(H,27,28)(H2,22,29,30). The molecule has 0 unspecified atom stereocenters. The maximum atomic E-state index is 12.8. The molecule has 1 aromatic heterocycles. The van der Waals surface area contributed by atoms with Gasteiger partial charge in [0.05, 0.1) is 16.8 Å². The summed E-state index contributed by atoms with van der Waals surface area (Å²) in [4.78, 5) is 29.2. The molecule has 1 aliphatic heterocycles. The van der Waals surface area contributed by atoms with Gasteiger partial charge in [0, 0.05) is 16.9 Å². The lowest BCUT2D eigenvalue weighted by atomic mass is 9.99. The van der Waals surface area contributed by atoms with Crippen molar-refractivity contribution in [2.45, 2.75) is 26.7 Å². The monoisotopic (exact) mass is 446 g/mol. The zero-order valence-corrected chi connectivity index (χ0v) is 18.7. The summed E-state index contributed by atoms with van der Waals surface area (Å²) in [5, 5.41) is 18.0. The van der Waals surface area contributed by atoms with Crippen molar-refractivity contribution in [1.29, 1.82) is 0 Å². The molecule has 0 bridgehead atoms. The number of carboxylic acid groups (broad SMARTS) is 1. The van der Waals surface area contributed by atoms with Crippen molar-refractivity contribution >= 4 is 38.1 Å². The van der Waals surface area contributed by atoms with E-state index >= 15 is 0 Å². The molecule has 2 heterocycles. The number of carbonyl (C=O) groups excluding carboxylic acids is 1. The molecule has 0 spiro atoms. The number of sulfonamides is 1. The number of benzene rings is 1. The van der Waals surface area contributed by atoms with Crippen molar-refractivity contribution < 1.29 is 23.1 Å². The number of nitrogens with zero attached hydrogens (tertiary/aromatic N) is 1. The van der Waals surface area contributed by atoms with E-state index in [0.29, 0.717) is 41.9 Å². The molecule has 1 amide bonds. The number of carbonyl (C=O) groups is 2. The second-order valence-corrected chi connectivity index (χ2v) is 9.44. The smallest absolute Gasteiger partial charge is 0.337 e. The number of primary sulfonamides is 1. The number of nitrogens with two attached hydrogens (primary N) is 1. The molecule has 0 aliphatic carbocycles. The van der Waals surface area contributed by atoms with Crippen LogP contribution in [0.5, 0.6) is 0 Å². The van der Waals surface area contributed by atoms with Crippen LogP contribution in [0.4, 0.5) is 5.69 Å². The number of aromatic nitrogens is 1. The number of hydrogen-bond donors (Lipinski definition) is 4. The van der Waals surface area contributed by atoms with Crippen LogP contribution in [0.1, 0.15) is 44.9 Å². The van der Waals surface area contributed by atoms with E-state index in [1.54, 1.807) is 25.1 Å². The second-order valence-electron chi connectivity index (χ2n) is 7.94. The Bertz CT molecular complexity index is 1210. The first-order chi connectivity index (χ1) is 14.4. The molecular formula is C21H26N4O5S. The van der Waals surface area contributed by atoms with Crippen molar-refractivity contribution in [3.05, 3.63) is 51.8 Å². The van der Waals surface area contributed by atoms with Crippen LogP contribution < -0.4 is 10.5 Å². The minimum absolute atomic E-state index is 0.00150.